The van der Waals surface area contributed by atoms with Crippen LogP contribution in [0.4, 0.5) is 17.6 Å². The van der Waals surface area contributed by atoms with Crippen molar-refractivity contribution in [2.45, 2.75) is 46.0 Å². The van der Waals surface area contributed by atoms with E-state index in [2.05, 4.69) is 0 Å². The van der Waals surface area contributed by atoms with Crippen molar-refractivity contribution in [2.24, 2.45) is 5.92 Å². The number of carbonyl (C=O) groups is 1. The first-order chi connectivity index (χ1) is 13.9. The summed E-state index contributed by atoms with van der Waals surface area (Å²) in [6, 6.07) is 6.13. The van der Waals surface area contributed by atoms with Crippen LogP contribution >= 0.6 is 0 Å². The molecule has 164 valence electrons. The number of nitrogens with zero attached hydrogens (tertiary/aromatic N) is 2. The summed E-state index contributed by atoms with van der Waals surface area (Å²) in [6.45, 7) is 8.16. The largest absolute Gasteiger partial charge is 0.431 e. The molecule has 2 heterocycles. The number of carbonyl (C=O) groups excluding carboxylic acids is 1. The standard InChI is InChI=1S/C22H26F4N2O2/c1-14(2)12-28-18(22(24,25)26)11-17(15-5-7-16(23)8-6-15)19(28)20(29)27-9-10-30-21(3,4)13-27/h5-8,11,14H,9-10,12-13H2,1-4H3. The highest BCUT2D eigenvalue weighted by atomic mass is 19.4. The van der Waals surface area contributed by atoms with Gasteiger partial charge in [0.15, 0.2) is 0 Å². The maximum atomic E-state index is 13.9. The van der Waals surface area contributed by atoms with Crippen LogP contribution in [0.15, 0.2) is 30.3 Å². The molecule has 4 nitrogen and oxygen atoms in total. The normalized spacial score (nSPS) is 16.9. The van der Waals surface area contributed by atoms with Gasteiger partial charge >= 0.3 is 6.18 Å². The molecule has 0 N–H and O–H groups in total. The number of morpholine rings is 1. The Balaban J connectivity index is 2.20. The zero-order valence-electron chi connectivity index (χ0n) is 17.5. The van der Waals surface area contributed by atoms with Crippen LogP contribution in [0.2, 0.25) is 0 Å². The summed E-state index contributed by atoms with van der Waals surface area (Å²) >= 11 is 0. The Morgan fingerprint density at radius 2 is 1.83 bits per heavy atom. The number of rotatable bonds is 4. The lowest BCUT2D eigenvalue weighted by Crippen LogP contribution is -2.51. The molecular weight excluding hydrogens is 400 g/mol. The maximum absolute atomic E-state index is 13.9. The topological polar surface area (TPSA) is 34.5 Å². The highest BCUT2D eigenvalue weighted by molar-refractivity contribution is 6.00. The number of alkyl halides is 3. The summed E-state index contributed by atoms with van der Waals surface area (Å²) in [4.78, 5) is 15.0. The van der Waals surface area contributed by atoms with Crippen molar-refractivity contribution in [3.8, 4) is 11.1 Å². The van der Waals surface area contributed by atoms with Gasteiger partial charge in [0, 0.05) is 25.2 Å². The quantitative estimate of drug-likeness (QED) is 0.629. The lowest BCUT2D eigenvalue weighted by atomic mass is 10.0. The maximum Gasteiger partial charge on any atom is 0.431 e. The predicted octanol–water partition coefficient (Wildman–Crippen LogP) is 5.22. The van der Waals surface area contributed by atoms with Crippen molar-refractivity contribution in [1.82, 2.24) is 9.47 Å². The first kappa shape index (κ1) is 22.3. The molecule has 1 fully saturated rings. The van der Waals surface area contributed by atoms with Gasteiger partial charge in [-0.3, -0.25) is 4.79 Å². The van der Waals surface area contributed by atoms with Crippen LogP contribution in [0.25, 0.3) is 11.1 Å². The second-order valence-corrected chi connectivity index (χ2v) is 8.64. The van der Waals surface area contributed by atoms with Crippen molar-refractivity contribution in [3.05, 3.63) is 47.5 Å². The predicted molar refractivity (Wildman–Crippen MR) is 106 cm³/mol. The summed E-state index contributed by atoms with van der Waals surface area (Å²) in [5, 5.41) is 0. The molecule has 1 aromatic carbocycles. The van der Waals surface area contributed by atoms with Crippen molar-refractivity contribution < 1.29 is 27.1 Å². The van der Waals surface area contributed by atoms with E-state index in [1.165, 1.54) is 29.2 Å². The Labute approximate surface area is 173 Å². The van der Waals surface area contributed by atoms with Gasteiger partial charge in [0.1, 0.15) is 17.2 Å². The van der Waals surface area contributed by atoms with Gasteiger partial charge in [-0.05, 0) is 43.5 Å². The number of benzene rings is 1. The van der Waals surface area contributed by atoms with Crippen LogP contribution < -0.4 is 0 Å². The number of aromatic nitrogens is 1. The molecule has 3 rings (SSSR count). The summed E-state index contributed by atoms with van der Waals surface area (Å²) in [7, 11) is 0. The Hall–Kier alpha value is -2.35. The third-order valence-electron chi connectivity index (χ3n) is 5.01. The van der Waals surface area contributed by atoms with Crippen molar-refractivity contribution >= 4 is 5.91 Å². The molecule has 1 aliphatic rings. The first-order valence-electron chi connectivity index (χ1n) is 9.89. The minimum atomic E-state index is -4.63. The summed E-state index contributed by atoms with van der Waals surface area (Å²) in [5.41, 5.74) is -0.990. The molecular formula is C22H26F4N2O2. The average Bonchev–Trinajstić information content (AvgIpc) is 2.99. The number of amides is 1. The lowest BCUT2D eigenvalue weighted by Gasteiger charge is -2.38. The molecule has 0 aliphatic carbocycles. The summed E-state index contributed by atoms with van der Waals surface area (Å²) in [5.74, 6) is -1.10. The van der Waals surface area contributed by atoms with Gasteiger partial charge in [0.05, 0.1) is 12.2 Å². The van der Waals surface area contributed by atoms with Crippen molar-refractivity contribution in [1.29, 1.82) is 0 Å². The third kappa shape index (κ3) is 4.69. The second kappa shape index (κ2) is 8.06. The van der Waals surface area contributed by atoms with Gasteiger partial charge < -0.3 is 14.2 Å². The van der Waals surface area contributed by atoms with Gasteiger partial charge in [-0.25, -0.2) is 4.39 Å². The molecule has 0 spiro atoms. The molecule has 2 aromatic rings. The first-order valence-corrected chi connectivity index (χ1v) is 9.89. The lowest BCUT2D eigenvalue weighted by molar-refractivity contribution is -0.143. The molecule has 0 atom stereocenters. The minimum absolute atomic E-state index is 0.0275. The number of hydrogen-bond donors (Lipinski definition) is 0. The van der Waals surface area contributed by atoms with E-state index in [0.717, 1.165) is 10.6 Å². The van der Waals surface area contributed by atoms with E-state index < -0.39 is 29.2 Å². The Bertz CT molecular complexity index is 914. The number of halogens is 4. The van der Waals surface area contributed by atoms with E-state index in [9.17, 15) is 22.4 Å². The third-order valence-corrected chi connectivity index (χ3v) is 5.01. The highest BCUT2D eigenvalue weighted by Crippen LogP contribution is 2.38. The van der Waals surface area contributed by atoms with E-state index in [1.807, 2.05) is 13.8 Å². The minimum Gasteiger partial charge on any atom is -0.372 e. The molecule has 30 heavy (non-hydrogen) atoms. The van der Waals surface area contributed by atoms with Crippen LogP contribution in [0, 0.1) is 11.7 Å². The summed E-state index contributed by atoms with van der Waals surface area (Å²) < 4.78 is 61.7. The van der Waals surface area contributed by atoms with E-state index in [4.69, 9.17) is 4.74 Å². The second-order valence-electron chi connectivity index (χ2n) is 8.64. The fourth-order valence-electron chi connectivity index (χ4n) is 3.76. The fraction of sp³-hybridized carbons (Fsp3) is 0.500. The molecule has 8 heteroatoms. The van der Waals surface area contributed by atoms with Crippen LogP contribution in [0.5, 0.6) is 0 Å². The Kier molecular flexibility index (Phi) is 6.00. The SMILES string of the molecule is CC(C)Cn1c(C(F)(F)F)cc(-c2ccc(F)cc2)c1C(=O)N1CCOC(C)(C)C1. The van der Waals surface area contributed by atoms with Crippen molar-refractivity contribution in [3.63, 3.8) is 0 Å². The molecule has 0 saturated carbocycles. The molecule has 1 saturated heterocycles. The number of hydrogen-bond acceptors (Lipinski definition) is 2. The number of ether oxygens (including phenoxy) is 1. The van der Waals surface area contributed by atoms with E-state index in [-0.39, 0.29) is 30.3 Å². The molecule has 1 aromatic heterocycles. The van der Waals surface area contributed by atoms with Gasteiger partial charge in [-0.2, -0.15) is 13.2 Å². The molecule has 0 unspecified atom stereocenters. The fourth-order valence-corrected chi connectivity index (χ4v) is 3.76. The van der Waals surface area contributed by atoms with Gasteiger partial charge in [-0.15, -0.1) is 0 Å². The van der Waals surface area contributed by atoms with Gasteiger partial charge in [0.2, 0.25) is 0 Å². The highest BCUT2D eigenvalue weighted by Gasteiger charge is 2.40. The van der Waals surface area contributed by atoms with E-state index in [1.54, 1.807) is 13.8 Å². The average molecular weight is 426 g/mol. The zero-order valence-corrected chi connectivity index (χ0v) is 17.5. The molecule has 1 amide bonds. The van der Waals surface area contributed by atoms with Crippen LogP contribution in [-0.2, 0) is 17.5 Å². The molecule has 1 aliphatic heterocycles. The van der Waals surface area contributed by atoms with Crippen LogP contribution in [-0.4, -0.2) is 40.7 Å². The smallest absolute Gasteiger partial charge is 0.372 e. The molecule has 0 radical (unpaired) electrons. The zero-order chi connectivity index (χ0) is 22.3. The van der Waals surface area contributed by atoms with Gasteiger partial charge in [-0.1, -0.05) is 26.0 Å². The molecule has 0 bridgehead atoms. The Morgan fingerprint density at radius 1 is 1.20 bits per heavy atom. The van der Waals surface area contributed by atoms with Crippen molar-refractivity contribution in [2.75, 3.05) is 19.7 Å². The Morgan fingerprint density at radius 3 is 2.37 bits per heavy atom. The van der Waals surface area contributed by atoms with Crippen LogP contribution in [0.3, 0.4) is 0 Å². The van der Waals surface area contributed by atoms with Crippen LogP contribution in [0.1, 0.15) is 43.9 Å². The van der Waals surface area contributed by atoms with E-state index in [0.29, 0.717) is 18.7 Å². The summed E-state index contributed by atoms with van der Waals surface area (Å²) in [6.07, 6.45) is -4.63. The van der Waals surface area contributed by atoms with Gasteiger partial charge in [0.25, 0.3) is 5.91 Å². The van der Waals surface area contributed by atoms with E-state index >= 15 is 0 Å². The monoisotopic (exact) mass is 426 g/mol.